The van der Waals surface area contributed by atoms with Crippen LogP contribution in [0.4, 0.5) is 13.2 Å². The topological polar surface area (TPSA) is 98.2 Å². The number of carbonyl (C=O) groups excluding carboxylic acids is 2. The zero-order chi connectivity index (χ0) is 15.3. The predicted molar refractivity (Wildman–Crippen MR) is 72.3 cm³/mol. The number of nitrogens with two attached hydrogens (primary N) is 2. The monoisotopic (exact) mass is 325 g/mol. The van der Waals surface area contributed by atoms with Crippen LogP contribution < -0.4 is 16.8 Å². The van der Waals surface area contributed by atoms with Gasteiger partial charge in [0.2, 0.25) is 11.8 Å². The first-order chi connectivity index (χ1) is 9.20. The van der Waals surface area contributed by atoms with Crippen molar-refractivity contribution in [3.8, 4) is 0 Å². The van der Waals surface area contributed by atoms with Gasteiger partial charge < -0.3 is 16.8 Å². The highest BCUT2D eigenvalue weighted by atomic mass is 35.5. The van der Waals surface area contributed by atoms with Gasteiger partial charge >= 0.3 is 6.18 Å². The van der Waals surface area contributed by atoms with Crippen LogP contribution in [0.3, 0.4) is 0 Å². The highest BCUT2D eigenvalue weighted by Gasteiger charge is 2.30. The van der Waals surface area contributed by atoms with Gasteiger partial charge in [0, 0.05) is 6.54 Å². The number of halogens is 4. The summed E-state index contributed by atoms with van der Waals surface area (Å²) in [5.74, 6) is -1.38. The fourth-order valence-electron chi connectivity index (χ4n) is 1.49. The lowest BCUT2D eigenvalue weighted by Crippen LogP contribution is -2.42. The summed E-state index contributed by atoms with van der Waals surface area (Å²) >= 11 is 0. The van der Waals surface area contributed by atoms with Crippen LogP contribution in [0, 0.1) is 0 Å². The number of amides is 2. The van der Waals surface area contributed by atoms with Gasteiger partial charge in [-0.05, 0) is 17.7 Å². The molecule has 5 N–H and O–H groups in total. The quantitative estimate of drug-likeness (QED) is 0.751. The predicted octanol–water partition coefficient (Wildman–Crippen LogP) is 0.946. The summed E-state index contributed by atoms with van der Waals surface area (Å²) in [6.07, 6.45) is -4.77. The van der Waals surface area contributed by atoms with Gasteiger partial charge in [0.15, 0.2) is 0 Å². The van der Waals surface area contributed by atoms with Gasteiger partial charge in [-0.15, -0.1) is 12.4 Å². The van der Waals surface area contributed by atoms with Crippen molar-refractivity contribution in [1.29, 1.82) is 0 Å². The molecule has 2 amide bonds. The van der Waals surface area contributed by atoms with Gasteiger partial charge in [0.05, 0.1) is 18.0 Å². The third-order valence-electron chi connectivity index (χ3n) is 2.48. The third-order valence-corrected chi connectivity index (χ3v) is 2.48. The second-order valence-corrected chi connectivity index (χ2v) is 4.19. The van der Waals surface area contributed by atoms with E-state index in [1.807, 2.05) is 0 Å². The molecule has 1 atom stereocenters. The molecule has 1 aromatic rings. The Morgan fingerprint density at radius 2 is 1.90 bits per heavy atom. The van der Waals surface area contributed by atoms with Crippen LogP contribution in [-0.4, -0.2) is 17.9 Å². The van der Waals surface area contributed by atoms with E-state index in [0.29, 0.717) is 0 Å². The molecule has 0 radical (unpaired) electrons. The summed E-state index contributed by atoms with van der Waals surface area (Å²) < 4.78 is 37.4. The standard InChI is InChI=1S/C12H14F3N3O2.ClH/c13-12(14,15)8-3-1-2-7(4-8)6-18-11(20)9(16)5-10(17)19;/h1-4,9H,5-6,16H2,(H2,17,19)(H,18,20);1H. The Morgan fingerprint density at radius 3 is 2.43 bits per heavy atom. The average molecular weight is 326 g/mol. The molecule has 21 heavy (non-hydrogen) atoms. The Labute approximate surface area is 125 Å². The van der Waals surface area contributed by atoms with Gasteiger partial charge in [0.1, 0.15) is 0 Å². The highest BCUT2D eigenvalue weighted by Crippen LogP contribution is 2.29. The van der Waals surface area contributed by atoms with Gasteiger partial charge in [-0.3, -0.25) is 9.59 Å². The molecular weight excluding hydrogens is 311 g/mol. The minimum Gasteiger partial charge on any atom is -0.370 e. The first kappa shape index (κ1) is 19.2. The van der Waals surface area contributed by atoms with Gasteiger partial charge in [0.25, 0.3) is 0 Å². The lowest BCUT2D eigenvalue weighted by molar-refractivity contribution is -0.137. The lowest BCUT2D eigenvalue weighted by atomic mass is 10.1. The fourth-order valence-corrected chi connectivity index (χ4v) is 1.49. The summed E-state index contributed by atoms with van der Waals surface area (Å²) in [7, 11) is 0. The van der Waals surface area contributed by atoms with Gasteiger partial charge in [-0.1, -0.05) is 12.1 Å². The summed E-state index contributed by atoms with van der Waals surface area (Å²) in [5.41, 5.74) is 9.75. The van der Waals surface area contributed by atoms with E-state index in [9.17, 15) is 22.8 Å². The zero-order valence-corrected chi connectivity index (χ0v) is 11.6. The van der Waals surface area contributed by atoms with Crippen LogP contribution in [0.1, 0.15) is 17.5 Å². The van der Waals surface area contributed by atoms with Gasteiger partial charge in [-0.25, -0.2) is 0 Å². The lowest BCUT2D eigenvalue weighted by Gasteiger charge is -2.12. The molecule has 0 heterocycles. The minimum atomic E-state index is -4.44. The van der Waals surface area contributed by atoms with Crippen molar-refractivity contribution in [2.75, 3.05) is 0 Å². The summed E-state index contributed by atoms with van der Waals surface area (Å²) in [4.78, 5) is 22.0. The van der Waals surface area contributed by atoms with Crippen LogP contribution in [0.2, 0.25) is 0 Å². The summed E-state index contributed by atoms with van der Waals surface area (Å²) in [6, 6.07) is 3.44. The Morgan fingerprint density at radius 1 is 1.29 bits per heavy atom. The Balaban J connectivity index is 0.00000400. The Hall–Kier alpha value is -1.80. The summed E-state index contributed by atoms with van der Waals surface area (Å²) in [5, 5.41) is 2.34. The van der Waals surface area contributed by atoms with Crippen LogP contribution in [0.15, 0.2) is 24.3 Å². The largest absolute Gasteiger partial charge is 0.416 e. The van der Waals surface area contributed by atoms with E-state index in [1.54, 1.807) is 0 Å². The highest BCUT2D eigenvalue weighted by molar-refractivity contribution is 5.87. The molecule has 118 valence electrons. The van der Waals surface area contributed by atoms with Crippen molar-refractivity contribution < 1.29 is 22.8 Å². The van der Waals surface area contributed by atoms with E-state index >= 15 is 0 Å². The second kappa shape index (κ2) is 7.84. The van der Waals surface area contributed by atoms with E-state index < -0.39 is 29.6 Å². The van der Waals surface area contributed by atoms with E-state index in [1.165, 1.54) is 12.1 Å². The molecular formula is C12H15ClF3N3O2. The maximum atomic E-state index is 12.5. The minimum absolute atomic E-state index is 0. The third kappa shape index (κ3) is 6.46. The van der Waals surface area contributed by atoms with Crippen molar-refractivity contribution in [1.82, 2.24) is 5.32 Å². The second-order valence-electron chi connectivity index (χ2n) is 4.19. The van der Waals surface area contributed by atoms with Crippen molar-refractivity contribution >= 4 is 24.2 Å². The zero-order valence-electron chi connectivity index (χ0n) is 10.8. The maximum absolute atomic E-state index is 12.5. The maximum Gasteiger partial charge on any atom is 0.416 e. The number of benzene rings is 1. The molecule has 0 aliphatic carbocycles. The number of rotatable bonds is 5. The van der Waals surface area contributed by atoms with Crippen LogP contribution in [-0.2, 0) is 22.3 Å². The number of hydrogen-bond acceptors (Lipinski definition) is 3. The normalized spacial score (nSPS) is 12.2. The Kier molecular flexibility index (Phi) is 7.17. The molecule has 5 nitrogen and oxygen atoms in total. The number of nitrogens with one attached hydrogen (secondary N) is 1. The Bertz CT molecular complexity index is 509. The van der Waals surface area contributed by atoms with E-state index in [4.69, 9.17) is 11.5 Å². The number of primary amides is 1. The average Bonchev–Trinajstić information content (AvgIpc) is 2.34. The molecule has 1 unspecified atom stereocenters. The molecule has 0 saturated heterocycles. The van der Waals surface area contributed by atoms with Crippen LogP contribution in [0.5, 0.6) is 0 Å². The van der Waals surface area contributed by atoms with E-state index in [-0.39, 0.29) is 30.9 Å². The van der Waals surface area contributed by atoms with Gasteiger partial charge in [-0.2, -0.15) is 13.2 Å². The molecule has 0 aliphatic heterocycles. The molecule has 9 heteroatoms. The number of alkyl halides is 3. The van der Waals surface area contributed by atoms with Crippen molar-refractivity contribution in [2.45, 2.75) is 25.2 Å². The van der Waals surface area contributed by atoms with E-state index in [0.717, 1.165) is 12.1 Å². The smallest absolute Gasteiger partial charge is 0.370 e. The van der Waals surface area contributed by atoms with E-state index in [2.05, 4.69) is 5.32 Å². The molecule has 1 aromatic carbocycles. The molecule has 0 aromatic heterocycles. The first-order valence-electron chi connectivity index (χ1n) is 5.68. The molecule has 0 aliphatic rings. The molecule has 0 fully saturated rings. The SMILES string of the molecule is Cl.NC(=O)CC(N)C(=O)NCc1cccc(C(F)(F)F)c1. The molecule has 0 spiro atoms. The van der Waals surface area contributed by atoms with Crippen LogP contribution in [0.25, 0.3) is 0 Å². The molecule has 1 rings (SSSR count). The van der Waals surface area contributed by atoms with Crippen molar-refractivity contribution in [3.63, 3.8) is 0 Å². The molecule has 0 bridgehead atoms. The van der Waals surface area contributed by atoms with Crippen LogP contribution >= 0.6 is 12.4 Å². The number of carbonyl (C=O) groups is 2. The first-order valence-corrected chi connectivity index (χ1v) is 5.68. The molecule has 0 saturated carbocycles. The summed E-state index contributed by atoms with van der Waals surface area (Å²) in [6.45, 7) is -0.116. The fraction of sp³-hybridized carbons (Fsp3) is 0.333. The van der Waals surface area contributed by atoms with Crippen molar-refractivity contribution in [3.05, 3.63) is 35.4 Å². The van der Waals surface area contributed by atoms with Crippen molar-refractivity contribution in [2.24, 2.45) is 11.5 Å². The number of hydrogen-bond donors (Lipinski definition) is 3.